The van der Waals surface area contributed by atoms with Crippen LogP contribution in [0.15, 0.2) is 33.8 Å². The number of nitrogens with two attached hydrogens (primary N) is 1. The van der Waals surface area contributed by atoms with E-state index in [1.165, 1.54) is 23.8 Å². The van der Waals surface area contributed by atoms with Crippen molar-refractivity contribution in [1.29, 1.82) is 0 Å². The molecule has 1 saturated carbocycles. The van der Waals surface area contributed by atoms with Gasteiger partial charge >= 0.3 is 0 Å². The van der Waals surface area contributed by atoms with Crippen molar-refractivity contribution >= 4 is 21.4 Å². The van der Waals surface area contributed by atoms with E-state index in [9.17, 15) is 13.2 Å². The Labute approximate surface area is 202 Å². The van der Waals surface area contributed by atoms with Gasteiger partial charge in [-0.05, 0) is 30.9 Å². The first-order valence-electron chi connectivity index (χ1n) is 11.4. The van der Waals surface area contributed by atoms with Gasteiger partial charge in [0.05, 0.1) is 40.7 Å². The molecule has 10 nitrogen and oxygen atoms in total. The zero-order valence-corrected chi connectivity index (χ0v) is 20.5. The Morgan fingerprint density at radius 1 is 1.23 bits per heavy atom. The third-order valence-corrected chi connectivity index (χ3v) is 7.92. The Hall–Kier alpha value is -3.12. The largest absolute Gasteiger partial charge is 0.420 e. The highest BCUT2D eigenvalue weighted by atomic mass is 32.2. The Bertz CT molecular complexity index is 1400. The van der Waals surface area contributed by atoms with E-state index in [0.717, 1.165) is 12.6 Å². The number of anilines is 1. The van der Waals surface area contributed by atoms with E-state index >= 15 is 4.39 Å². The van der Waals surface area contributed by atoms with Gasteiger partial charge in [-0.15, -0.1) is 10.2 Å². The first-order valence-corrected chi connectivity index (χ1v) is 13.1. The molecule has 3 heterocycles. The molecule has 1 amide bonds. The van der Waals surface area contributed by atoms with Crippen molar-refractivity contribution in [2.75, 3.05) is 10.7 Å². The van der Waals surface area contributed by atoms with Crippen molar-refractivity contribution in [3.05, 3.63) is 41.8 Å². The second kappa shape index (κ2) is 8.23. The van der Waals surface area contributed by atoms with Gasteiger partial charge in [0, 0.05) is 23.7 Å². The molecular formula is C23H27FN6O4S. The van der Waals surface area contributed by atoms with E-state index < -0.39 is 38.8 Å². The molecule has 2 N–H and O–H groups in total. The van der Waals surface area contributed by atoms with Crippen molar-refractivity contribution in [2.24, 2.45) is 11.7 Å². The van der Waals surface area contributed by atoms with Crippen LogP contribution in [0.2, 0.25) is 0 Å². The van der Waals surface area contributed by atoms with Gasteiger partial charge in [0.25, 0.3) is 5.89 Å². The third kappa shape index (κ3) is 4.59. The predicted octanol–water partition coefficient (Wildman–Crippen LogP) is 2.43. The monoisotopic (exact) mass is 502 g/mol. The lowest BCUT2D eigenvalue weighted by Gasteiger charge is -2.24. The van der Waals surface area contributed by atoms with E-state index in [4.69, 9.17) is 10.2 Å². The molecule has 0 radical (unpaired) electrons. The Kier molecular flexibility index (Phi) is 5.55. The van der Waals surface area contributed by atoms with Crippen molar-refractivity contribution in [1.82, 2.24) is 20.0 Å². The van der Waals surface area contributed by atoms with Gasteiger partial charge in [-0.3, -0.25) is 9.48 Å². The molecule has 0 bridgehead atoms. The Morgan fingerprint density at radius 2 is 1.97 bits per heavy atom. The van der Waals surface area contributed by atoms with Gasteiger partial charge in [0.1, 0.15) is 5.82 Å². The first-order chi connectivity index (χ1) is 16.4. The third-order valence-electron chi connectivity index (χ3n) is 6.12. The van der Waals surface area contributed by atoms with Gasteiger partial charge in [0.2, 0.25) is 11.8 Å². The topological polar surface area (TPSA) is 137 Å². The molecule has 5 rings (SSSR count). The second-order valence-corrected chi connectivity index (χ2v) is 12.3. The maximum atomic E-state index is 15.2. The highest BCUT2D eigenvalue weighted by Crippen LogP contribution is 2.37. The predicted molar refractivity (Wildman–Crippen MR) is 125 cm³/mol. The van der Waals surface area contributed by atoms with Crippen LogP contribution >= 0.6 is 0 Å². The van der Waals surface area contributed by atoms with Crippen molar-refractivity contribution in [3.8, 4) is 11.5 Å². The molecule has 1 aliphatic carbocycles. The average Bonchev–Trinajstić information content (AvgIpc) is 3.26. The summed E-state index contributed by atoms with van der Waals surface area (Å²) in [7, 11) is -4.04. The van der Waals surface area contributed by atoms with Crippen LogP contribution in [0.3, 0.4) is 0 Å². The summed E-state index contributed by atoms with van der Waals surface area (Å²) in [4.78, 5) is 14.2. The molecule has 3 aromatic rings. The number of carbonyl (C=O) groups excluding carboxylic acids is 1. The average molecular weight is 503 g/mol. The fraction of sp³-hybridized carbons (Fsp3) is 0.478. The number of hydrogen-bond acceptors (Lipinski definition) is 8. The minimum absolute atomic E-state index is 0.0183. The molecule has 35 heavy (non-hydrogen) atoms. The summed E-state index contributed by atoms with van der Waals surface area (Å²) in [5.41, 5.74) is 6.13. The van der Waals surface area contributed by atoms with E-state index in [1.807, 2.05) is 31.6 Å². The van der Waals surface area contributed by atoms with Crippen LogP contribution in [0.25, 0.3) is 11.5 Å². The van der Waals surface area contributed by atoms with E-state index in [-0.39, 0.29) is 28.6 Å². The van der Waals surface area contributed by atoms with Crippen LogP contribution in [-0.2, 0) is 33.1 Å². The molecule has 1 aliphatic heterocycles. The molecule has 0 unspecified atom stereocenters. The zero-order chi connectivity index (χ0) is 25.1. The Balaban J connectivity index is 1.59. The van der Waals surface area contributed by atoms with Gasteiger partial charge < -0.3 is 15.1 Å². The highest BCUT2D eigenvalue weighted by molar-refractivity contribution is 7.91. The maximum absolute atomic E-state index is 15.2. The normalized spacial score (nSPS) is 20.1. The molecule has 1 fully saturated rings. The second-order valence-electron chi connectivity index (χ2n) is 10.3. The maximum Gasteiger partial charge on any atom is 0.250 e. The molecule has 0 saturated heterocycles. The number of nitrogens with zero attached hydrogens (tertiary/aromatic N) is 5. The summed E-state index contributed by atoms with van der Waals surface area (Å²) in [6.45, 7) is 6.43. The number of benzene rings is 1. The number of carbonyl (C=O) groups is 1. The highest BCUT2D eigenvalue weighted by Gasteiger charge is 2.38. The molecule has 2 aromatic heterocycles. The number of sulfone groups is 1. The lowest BCUT2D eigenvalue weighted by Crippen LogP contribution is -2.45. The number of fused-ring (bicyclic) bond motifs is 1. The zero-order valence-electron chi connectivity index (χ0n) is 19.7. The van der Waals surface area contributed by atoms with Gasteiger partial charge in [-0.25, -0.2) is 12.8 Å². The molecule has 186 valence electrons. The standard InChI is InChI=1S/C23H27FN6O4S/c1-23(2,3)22-28-27-20(34-22)15-6-18-19(7-16(15)24)35(32,33)12-17(25)21(31)30(18)11-14-8-26-29(10-14)9-13-4-5-13/h6-8,10,13,17H,4-5,9,11-12,25H2,1-3H3/t17-/m0/s1. The molecular weight excluding hydrogens is 475 g/mol. The van der Waals surface area contributed by atoms with Crippen molar-refractivity contribution in [2.45, 2.75) is 63.1 Å². The molecule has 12 heteroatoms. The van der Waals surface area contributed by atoms with Crippen molar-refractivity contribution in [3.63, 3.8) is 0 Å². The van der Waals surface area contributed by atoms with Crippen LogP contribution in [0.1, 0.15) is 45.1 Å². The number of aromatic nitrogens is 4. The van der Waals surface area contributed by atoms with E-state index in [1.54, 1.807) is 6.20 Å². The van der Waals surface area contributed by atoms with Gasteiger partial charge in [-0.2, -0.15) is 5.10 Å². The fourth-order valence-corrected chi connectivity index (χ4v) is 5.58. The summed E-state index contributed by atoms with van der Waals surface area (Å²) in [6.07, 6.45) is 5.80. The molecule has 1 atom stereocenters. The summed E-state index contributed by atoms with van der Waals surface area (Å²) in [5, 5.41) is 12.3. The van der Waals surface area contributed by atoms with E-state index in [2.05, 4.69) is 15.3 Å². The van der Waals surface area contributed by atoms with Crippen LogP contribution in [0, 0.1) is 11.7 Å². The van der Waals surface area contributed by atoms with Crippen LogP contribution in [-0.4, -0.2) is 46.1 Å². The quantitative estimate of drug-likeness (QED) is 0.562. The van der Waals surface area contributed by atoms with Crippen molar-refractivity contribution < 1.29 is 22.0 Å². The smallest absolute Gasteiger partial charge is 0.250 e. The van der Waals surface area contributed by atoms with Crippen LogP contribution in [0.4, 0.5) is 10.1 Å². The van der Waals surface area contributed by atoms with Gasteiger partial charge in [-0.1, -0.05) is 20.8 Å². The minimum Gasteiger partial charge on any atom is -0.420 e. The number of hydrogen-bond donors (Lipinski definition) is 1. The molecule has 2 aliphatic rings. The minimum atomic E-state index is -4.04. The first kappa shape index (κ1) is 23.6. The number of rotatable bonds is 5. The SMILES string of the molecule is CC(C)(C)c1nnc(-c2cc3c(cc2F)S(=O)(=O)C[C@H](N)C(=O)N3Cc2cnn(CC3CC3)c2)o1. The lowest BCUT2D eigenvalue weighted by molar-refractivity contribution is -0.119. The summed E-state index contributed by atoms with van der Waals surface area (Å²) >= 11 is 0. The number of halogens is 1. The summed E-state index contributed by atoms with van der Waals surface area (Å²) in [5.74, 6) is -1.25. The molecule has 0 spiro atoms. The number of amides is 1. The van der Waals surface area contributed by atoms with Crippen LogP contribution < -0.4 is 10.6 Å². The summed E-state index contributed by atoms with van der Waals surface area (Å²) in [6, 6.07) is 0.874. The lowest BCUT2D eigenvalue weighted by atomic mass is 9.97. The van der Waals surface area contributed by atoms with Crippen LogP contribution in [0.5, 0.6) is 0 Å². The van der Waals surface area contributed by atoms with Gasteiger partial charge in [0.15, 0.2) is 9.84 Å². The molecule has 1 aromatic carbocycles. The fourth-order valence-electron chi connectivity index (χ4n) is 4.02. The Morgan fingerprint density at radius 3 is 2.63 bits per heavy atom. The summed E-state index contributed by atoms with van der Waals surface area (Å²) < 4.78 is 48.7. The van der Waals surface area contributed by atoms with E-state index in [0.29, 0.717) is 17.4 Å².